The fraction of sp³-hybridized carbons (Fsp3) is 0.200. The molecule has 1 aliphatic rings. The lowest BCUT2D eigenvalue weighted by molar-refractivity contribution is 0.365. The zero-order valence-electron chi connectivity index (χ0n) is 7.55. The van der Waals surface area contributed by atoms with E-state index in [1.807, 2.05) is 0 Å². The molecule has 1 aromatic rings. The van der Waals surface area contributed by atoms with Crippen LogP contribution in [0, 0.1) is 0 Å². The van der Waals surface area contributed by atoms with Crippen molar-refractivity contribution in [1.29, 1.82) is 0 Å². The summed E-state index contributed by atoms with van der Waals surface area (Å²) in [4.78, 5) is 5.58. The average Bonchev–Trinajstić information content (AvgIpc) is 2.71. The van der Waals surface area contributed by atoms with Gasteiger partial charge in [0.1, 0.15) is 0 Å². The van der Waals surface area contributed by atoms with E-state index in [1.54, 1.807) is 11.3 Å². The van der Waals surface area contributed by atoms with Gasteiger partial charge in [0, 0.05) is 30.5 Å². The van der Waals surface area contributed by atoms with Gasteiger partial charge in [0.25, 0.3) is 0 Å². The smallest absolute Gasteiger partial charge is 0.0933 e. The van der Waals surface area contributed by atoms with Crippen LogP contribution in [0.3, 0.4) is 0 Å². The van der Waals surface area contributed by atoms with Gasteiger partial charge >= 0.3 is 0 Å². The van der Waals surface area contributed by atoms with Crippen LogP contribution in [-0.4, -0.2) is 23.5 Å². The summed E-state index contributed by atoms with van der Waals surface area (Å²) in [6.07, 6.45) is 8.38. The standard InChI is InChI=1S/C10H12N2S/c1-11-6-7-12(9-11)5-4-10-3-2-8-13-10/h2-8H,9H2,1H3. The molecule has 0 amide bonds. The molecule has 2 nitrogen and oxygen atoms in total. The number of nitrogens with zero attached hydrogens (tertiary/aromatic N) is 2. The molecule has 0 aliphatic carbocycles. The molecule has 1 aromatic heterocycles. The molecule has 13 heavy (non-hydrogen) atoms. The predicted molar refractivity (Wildman–Crippen MR) is 57.0 cm³/mol. The molecule has 1 aliphatic heterocycles. The number of hydrogen-bond donors (Lipinski definition) is 0. The highest BCUT2D eigenvalue weighted by molar-refractivity contribution is 7.10. The first-order valence-electron chi connectivity index (χ1n) is 4.20. The first-order chi connectivity index (χ1) is 6.34. The van der Waals surface area contributed by atoms with E-state index >= 15 is 0 Å². The third-order valence-electron chi connectivity index (χ3n) is 1.87. The number of hydrogen-bond acceptors (Lipinski definition) is 3. The van der Waals surface area contributed by atoms with Gasteiger partial charge in [-0.2, -0.15) is 0 Å². The normalized spacial score (nSPS) is 16.4. The molecule has 2 heterocycles. The van der Waals surface area contributed by atoms with E-state index in [9.17, 15) is 0 Å². The minimum Gasteiger partial charge on any atom is -0.361 e. The van der Waals surface area contributed by atoms with Crippen LogP contribution >= 0.6 is 11.3 Å². The monoisotopic (exact) mass is 192 g/mol. The van der Waals surface area contributed by atoms with Crippen molar-refractivity contribution >= 4 is 17.4 Å². The van der Waals surface area contributed by atoms with Gasteiger partial charge in [-0.15, -0.1) is 11.3 Å². The molecule has 0 saturated carbocycles. The molecule has 0 aromatic carbocycles. The Labute approximate surface area is 82.4 Å². The van der Waals surface area contributed by atoms with Crippen molar-refractivity contribution in [2.75, 3.05) is 13.7 Å². The summed E-state index contributed by atoms with van der Waals surface area (Å²) in [5.74, 6) is 0. The van der Waals surface area contributed by atoms with E-state index in [0.717, 1.165) is 6.67 Å². The van der Waals surface area contributed by atoms with Gasteiger partial charge in [-0.1, -0.05) is 6.07 Å². The Morgan fingerprint density at radius 3 is 3.00 bits per heavy atom. The van der Waals surface area contributed by atoms with Crippen molar-refractivity contribution in [1.82, 2.24) is 9.80 Å². The summed E-state index contributed by atoms with van der Waals surface area (Å²) in [7, 11) is 2.06. The summed E-state index contributed by atoms with van der Waals surface area (Å²) < 4.78 is 0. The van der Waals surface area contributed by atoms with Crippen LogP contribution in [0.2, 0.25) is 0 Å². The summed E-state index contributed by atoms with van der Waals surface area (Å²) in [6.45, 7) is 0.946. The van der Waals surface area contributed by atoms with E-state index in [4.69, 9.17) is 0 Å². The molecular formula is C10H12N2S. The van der Waals surface area contributed by atoms with Crippen LogP contribution in [0.25, 0.3) is 6.08 Å². The molecule has 0 radical (unpaired) electrons. The van der Waals surface area contributed by atoms with E-state index in [-0.39, 0.29) is 0 Å². The van der Waals surface area contributed by atoms with E-state index < -0.39 is 0 Å². The van der Waals surface area contributed by atoms with Crippen molar-refractivity contribution in [3.8, 4) is 0 Å². The highest BCUT2D eigenvalue weighted by atomic mass is 32.1. The third kappa shape index (κ3) is 2.12. The zero-order valence-corrected chi connectivity index (χ0v) is 8.37. The van der Waals surface area contributed by atoms with Gasteiger partial charge in [0.15, 0.2) is 0 Å². The second kappa shape index (κ2) is 3.66. The molecule has 0 atom stereocenters. The second-order valence-corrected chi connectivity index (χ2v) is 4.02. The minimum absolute atomic E-state index is 0.946. The van der Waals surface area contributed by atoms with E-state index in [1.165, 1.54) is 4.88 Å². The SMILES string of the molecule is CN1C=CN(C=Cc2cccs2)C1. The number of rotatable bonds is 2. The topological polar surface area (TPSA) is 6.48 Å². The maximum absolute atomic E-state index is 2.15. The van der Waals surface area contributed by atoms with Gasteiger partial charge in [-0.05, 0) is 17.5 Å². The first kappa shape index (κ1) is 8.38. The lowest BCUT2D eigenvalue weighted by Gasteiger charge is -2.12. The highest BCUT2D eigenvalue weighted by Gasteiger charge is 2.03. The van der Waals surface area contributed by atoms with Crippen LogP contribution in [0.1, 0.15) is 4.88 Å². The molecular weight excluding hydrogens is 180 g/mol. The van der Waals surface area contributed by atoms with Crippen molar-refractivity contribution in [3.63, 3.8) is 0 Å². The summed E-state index contributed by atoms with van der Waals surface area (Å²) in [5.41, 5.74) is 0. The molecule has 0 spiro atoms. The Balaban J connectivity index is 1.95. The molecule has 0 fully saturated rings. The second-order valence-electron chi connectivity index (χ2n) is 3.04. The van der Waals surface area contributed by atoms with Gasteiger partial charge in [0.2, 0.25) is 0 Å². The Kier molecular flexibility index (Phi) is 2.36. The summed E-state index contributed by atoms with van der Waals surface area (Å²) in [5, 5.41) is 2.09. The third-order valence-corrected chi connectivity index (χ3v) is 2.71. The Hall–Kier alpha value is -1.22. The number of thiophene rings is 1. The van der Waals surface area contributed by atoms with E-state index in [0.29, 0.717) is 0 Å². The average molecular weight is 192 g/mol. The fourth-order valence-electron chi connectivity index (χ4n) is 1.20. The highest BCUT2D eigenvalue weighted by Crippen LogP contribution is 2.12. The molecule has 0 N–H and O–H groups in total. The minimum atomic E-state index is 0.946. The Bertz CT molecular complexity index is 314. The lowest BCUT2D eigenvalue weighted by atomic mass is 10.4. The van der Waals surface area contributed by atoms with Crippen LogP contribution < -0.4 is 0 Å². The largest absolute Gasteiger partial charge is 0.361 e. The molecule has 3 heteroatoms. The van der Waals surface area contributed by atoms with Crippen LogP contribution in [0.4, 0.5) is 0 Å². The van der Waals surface area contributed by atoms with Crippen LogP contribution in [0.5, 0.6) is 0 Å². The maximum Gasteiger partial charge on any atom is 0.0933 e. The van der Waals surface area contributed by atoms with Crippen molar-refractivity contribution in [2.24, 2.45) is 0 Å². The quantitative estimate of drug-likeness (QED) is 0.710. The molecule has 0 unspecified atom stereocenters. The van der Waals surface area contributed by atoms with Crippen LogP contribution in [-0.2, 0) is 0 Å². The van der Waals surface area contributed by atoms with Crippen molar-refractivity contribution < 1.29 is 0 Å². The fourth-order valence-corrected chi connectivity index (χ4v) is 1.81. The molecule has 2 rings (SSSR count). The summed E-state index contributed by atoms with van der Waals surface area (Å²) in [6, 6.07) is 4.18. The van der Waals surface area contributed by atoms with E-state index in [2.05, 4.69) is 59.0 Å². The maximum atomic E-state index is 2.15. The van der Waals surface area contributed by atoms with Crippen molar-refractivity contribution in [3.05, 3.63) is 41.0 Å². The predicted octanol–water partition coefficient (Wildman–Crippen LogP) is 2.39. The summed E-state index contributed by atoms with van der Waals surface area (Å²) >= 11 is 1.76. The first-order valence-corrected chi connectivity index (χ1v) is 5.08. The van der Waals surface area contributed by atoms with Gasteiger partial charge in [-0.3, -0.25) is 0 Å². The Morgan fingerprint density at radius 2 is 2.38 bits per heavy atom. The van der Waals surface area contributed by atoms with Crippen molar-refractivity contribution in [2.45, 2.75) is 0 Å². The van der Waals surface area contributed by atoms with Gasteiger partial charge < -0.3 is 9.80 Å². The molecule has 0 bridgehead atoms. The molecule has 0 saturated heterocycles. The van der Waals surface area contributed by atoms with Crippen LogP contribution in [0.15, 0.2) is 36.1 Å². The zero-order chi connectivity index (χ0) is 9.10. The van der Waals surface area contributed by atoms with Gasteiger partial charge in [-0.25, -0.2) is 0 Å². The van der Waals surface area contributed by atoms with Gasteiger partial charge in [0.05, 0.1) is 6.67 Å². The lowest BCUT2D eigenvalue weighted by Crippen LogP contribution is -2.17. The molecule has 68 valence electrons. The Morgan fingerprint density at radius 1 is 1.46 bits per heavy atom.